The van der Waals surface area contributed by atoms with Gasteiger partial charge >= 0.3 is 0 Å². The van der Waals surface area contributed by atoms with Gasteiger partial charge in [0, 0.05) is 11.3 Å². The van der Waals surface area contributed by atoms with Crippen molar-refractivity contribution in [3.8, 4) is 11.5 Å². The largest absolute Gasteiger partial charge is 0.490 e. The molecule has 1 saturated heterocycles. The first kappa shape index (κ1) is 28.4. The van der Waals surface area contributed by atoms with Crippen molar-refractivity contribution in [3.63, 3.8) is 0 Å². The van der Waals surface area contributed by atoms with Gasteiger partial charge in [0.25, 0.3) is 11.1 Å². The standard InChI is InChI=1S/C29H26BrFN2O5S/c1-4-37-24-13-19(12-21(30)27(24)38-16-20-9-5-6-10-22(20)31)14-25-28(35)33(29(36)39-25)15-26(34)32-23-11-7-8-17(2)18(23)3/h5-14H,4,15-16H2,1-3H3,(H,32,34)/b25-14-. The van der Waals surface area contributed by atoms with E-state index in [0.29, 0.717) is 39.4 Å². The lowest BCUT2D eigenvalue weighted by Gasteiger charge is -2.15. The van der Waals surface area contributed by atoms with Crippen molar-refractivity contribution in [2.24, 2.45) is 0 Å². The maximum Gasteiger partial charge on any atom is 0.294 e. The van der Waals surface area contributed by atoms with E-state index in [9.17, 15) is 18.8 Å². The fourth-order valence-corrected chi connectivity index (χ4v) is 5.26. The first-order valence-corrected chi connectivity index (χ1v) is 13.7. The van der Waals surface area contributed by atoms with Gasteiger partial charge in [0.2, 0.25) is 5.91 Å². The number of carbonyl (C=O) groups excluding carboxylic acids is 3. The van der Waals surface area contributed by atoms with E-state index < -0.39 is 23.6 Å². The van der Waals surface area contributed by atoms with E-state index in [1.807, 2.05) is 32.9 Å². The van der Waals surface area contributed by atoms with Gasteiger partial charge in [0.15, 0.2) is 11.5 Å². The van der Waals surface area contributed by atoms with E-state index in [0.717, 1.165) is 27.8 Å². The number of nitrogens with one attached hydrogen (secondary N) is 1. The van der Waals surface area contributed by atoms with Crippen LogP contribution in [0.15, 0.2) is 64.0 Å². The summed E-state index contributed by atoms with van der Waals surface area (Å²) in [7, 11) is 0. The molecule has 0 saturated carbocycles. The highest BCUT2D eigenvalue weighted by Crippen LogP contribution is 2.40. The van der Waals surface area contributed by atoms with E-state index in [-0.39, 0.29) is 17.3 Å². The molecule has 7 nitrogen and oxygen atoms in total. The summed E-state index contributed by atoms with van der Waals surface area (Å²) in [6.45, 7) is 5.58. The van der Waals surface area contributed by atoms with Crippen molar-refractivity contribution >= 4 is 56.5 Å². The summed E-state index contributed by atoms with van der Waals surface area (Å²) in [6.07, 6.45) is 1.56. The molecule has 10 heteroatoms. The van der Waals surface area contributed by atoms with Gasteiger partial charge in [0.05, 0.1) is 16.0 Å². The number of imide groups is 1. The predicted molar refractivity (Wildman–Crippen MR) is 153 cm³/mol. The van der Waals surface area contributed by atoms with Gasteiger partial charge in [-0.05, 0) is 95.5 Å². The Bertz CT molecular complexity index is 1480. The first-order chi connectivity index (χ1) is 18.7. The highest BCUT2D eigenvalue weighted by atomic mass is 79.9. The number of amides is 3. The summed E-state index contributed by atoms with van der Waals surface area (Å²) < 4.78 is 26.2. The molecule has 0 spiro atoms. The molecule has 0 unspecified atom stereocenters. The summed E-state index contributed by atoms with van der Waals surface area (Å²) in [4.78, 5) is 39.3. The number of halogens is 2. The van der Waals surface area contributed by atoms with Crippen molar-refractivity contribution in [2.45, 2.75) is 27.4 Å². The fraction of sp³-hybridized carbons (Fsp3) is 0.207. The molecule has 0 aliphatic carbocycles. The SMILES string of the molecule is CCOc1cc(/C=C2\SC(=O)N(CC(=O)Nc3cccc(C)c3C)C2=O)cc(Br)c1OCc1ccccc1F. The predicted octanol–water partition coefficient (Wildman–Crippen LogP) is 6.86. The maximum atomic E-state index is 14.0. The Morgan fingerprint density at radius 3 is 2.62 bits per heavy atom. The van der Waals surface area contributed by atoms with Crippen molar-refractivity contribution in [1.82, 2.24) is 4.90 Å². The van der Waals surface area contributed by atoms with Crippen molar-refractivity contribution in [3.05, 3.63) is 92.0 Å². The minimum atomic E-state index is -0.560. The van der Waals surface area contributed by atoms with Gasteiger partial charge in [-0.15, -0.1) is 0 Å². The van der Waals surface area contributed by atoms with Crippen LogP contribution in [0.4, 0.5) is 14.9 Å². The van der Waals surface area contributed by atoms with Crippen LogP contribution in [-0.2, 0) is 16.2 Å². The fourth-order valence-electron chi connectivity index (χ4n) is 3.85. The molecule has 1 aliphatic rings. The Hall–Kier alpha value is -3.63. The third-order valence-corrected chi connectivity index (χ3v) is 7.51. The minimum absolute atomic E-state index is 0.00623. The number of thioether (sulfide) groups is 1. The van der Waals surface area contributed by atoms with Crippen LogP contribution in [0.3, 0.4) is 0 Å². The van der Waals surface area contributed by atoms with Crippen LogP contribution >= 0.6 is 27.7 Å². The number of carbonyl (C=O) groups is 3. The van der Waals surface area contributed by atoms with Crippen molar-refractivity contribution < 1.29 is 28.2 Å². The molecule has 3 amide bonds. The molecule has 0 bridgehead atoms. The second-order valence-electron chi connectivity index (χ2n) is 8.71. The molecule has 1 N–H and O–H groups in total. The van der Waals surface area contributed by atoms with Crippen LogP contribution in [0.5, 0.6) is 11.5 Å². The molecule has 1 fully saturated rings. The van der Waals surface area contributed by atoms with Crippen molar-refractivity contribution in [1.29, 1.82) is 0 Å². The average Bonchev–Trinajstić information content (AvgIpc) is 3.14. The molecule has 0 aromatic heterocycles. The van der Waals surface area contributed by atoms with E-state index in [4.69, 9.17) is 9.47 Å². The van der Waals surface area contributed by atoms with Crippen LogP contribution in [0.25, 0.3) is 6.08 Å². The molecule has 4 rings (SSSR count). The van der Waals surface area contributed by atoms with Crippen LogP contribution in [-0.4, -0.2) is 35.1 Å². The van der Waals surface area contributed by atoms with Gasteiger partial charge in [-0.2, -0.15) is 0 Å². The molecule has 1 heterocycles. The van der Waals surface area contributed by atoms with Gasteiger partial charge < -0.3 is 14.8 Å². The molecule has 0 atom stereocenters. The number of rotatable bonds is 9. The second-order valence-corrected chi connectivity index (χ2v) is 10.6. The van der Waals surface area contributed by atoms with E-state index in [1.54, 1.807) is 42.5 Å². The molecular formula is C29H26BrFN2O5S. The smallest absolute Gasteiger partial charge is 0.294 e. The zero-order valence-corrected chi connectivity index (χ0v) is 23.9. The highest BCUT2D eigenvalue weighted by Gasteiger charge is 2.36. The van der Waals surface area contributed by atoms with E-state index >= 15 is 0 Å². The van der Waals surface area contributed by atoms with Crippen LogP contribution in [0.1, 0.15) is 29.2 Å². The molecule has 39 heavy (non-hydrogen) atoms. The Morgan fingerprint density at radius 2 is 1.87 bits per heavy atom. The van der Waals surface area contributed by atoms with Crippen LogP contribution in [0, 0.1) is 19.7 Å². The summed E-state index contributed by atoms with van der Waals surface area (Å²) in [5.41, 5.74) is 3.54. The lowest BCUT2D eigenvalue weighted by molar-refractivity contribution is -0.127. The van der Waals surface area contributed by atoms with Crippen LogP contribution < -0.4 is 14.8 Å². The monoisotopic (exact) mass is 612 g/mol. The van der Waals surface area contributed by atoms with Gasteiger partial charge in [-0.3, -0.25) is 19.3 Å². The number of ether oxygens (including phenoxy) is 2. The lowest BCUT2D eigenvalue weighted by Crippen LogP contribution is -2.36. The molecule has 202 valence electrons. The minimum Gasteiger partial charge on any atom is -0.490 e. The van der Waals surface area contributed by atoms with E-state index in [1.165, 1.54) is 6.07 Å². The lowest BCUT2D eigenvalue weighted by atomic mass is 10.1. The Morgan fingerprint density at radius 1 is 1.10 bits per heavy atom. The number of benzene rings is 3. The Labute approximate surface area is 238 Å². The van der Waals surface area contributed by atoms with Crippen LogP contribution in [0.2, 0.25) is 0 Å². The zero-order chi connectivity index (χ0) is 28.1. The molecule has 0 radical (unpaired) electrons. The Balaban J connectivity index is 1.50. The number of nitrogens with zero attached hydrogens (tertiary/aromatic N) is 1. The van der Waals surface area contributed by atoms with Crippen molar-refractivity contribution in [2.75, 3.05) is 18.5 Å². The number of hydrogen-bond donors (Lipinski definition) is 1. The average molecular weight is 614 g/mol. The Kier molecular flexibility index (Phi) is 9.08. The molecule has 3 aromatic carbocycles. The van der Waals surface area contributed by atoms with Gasteiger partial charge in [-0.25, -0.2) is 4.39 Å². The quantitative estimate of drug-likeness (QED) is 0.266. The van der Waals surface area contributed by atoms with Gasteiger partial charge in [-0.1, -0.05) is 30.3 Å². The summed E-state index contributed by atoms with van der Waals surface area (Å²) in [5.74, 6) is -0.628. The second kappa shape index (κ2) is 12.5. The number of anilines is 1. The maximum absolute atomic E-state index is 14.0. The number of aryl methyl sites for hydroxylation is 1. The summed E-state index contributed by atoms with van der Waals surface area (Å²) in [6, 6.07) is 15.2. The first-order valence-electron chi connectivity index (χ1n) is 12.1. The van der Waals surface area contributed by atoms with Gasteiger partial charge in [0.1, 0.15) is 19.0 Å². The highest BCUT2D eigenvalue weighted by molar-refractivity contribution is 9.10. The molecular weight excluding hydrogens is 587 g/mol. The molecule has 1 aliphatic heterocycles. The molecule has 3 aromatic rings. The summed E-state index contributed by atoms with van der Waals surface area (Å²) in [5, 5.41) is 2.24. The summed E-state index contributed by atoms with van der Waals surface area (Å²) >= 11 is 4.23. The third kappa shape index (κ3) is 6.69. The zero-order valence-electron chi connectivity index (χ0n) is 21.5. The topological polar surface area (TPSA) is 84.9 Å². The van der Waals surface area contributed by atoms with E-state index in [2.05, 4.69) is 21.2 Å². The normalized spacial score (nSPS) is 14.2. The third-order valence-electron chi connectivity index (χ3n) is 6.01. The number of hydrogen-bond acceptors (Lipinski definition) is 6.